The maximum atomic E-state index is 12.1. The van der Waals surface area contributed by atoms with Gasteiger partial charge in [-0.1, -0.05) is 29.4 Å². The second-order valence-electron chi connectivity index (χ2n) is 9.39. The van der Waals surface area contributed by atoms with Crippen molar-refractivity contribution in [2.75, 3.05) is 6.61 Å². The van der Waals surface area contributed by atoms with E-state index in [1.807, 2.05) is 38.2 Å². The van der Waals surface area contributed by atoms with Crippen molar-refractivity contribution in [3.05, 3.63) is 58.7 Å². The number of aliphatic hydroxyl groups is 2. The van der Waals surface area contributed by atoms with Gasteiger partial charge in [-0.05, 0) is 76.8 Å². The van der Waals surface area contributed by atoms with Crippen LogP contribution in [-0.4, -0.2) is 46.2 Å². The highest BCUT2D eigenvalue weighted by molar-refractivity contribution is 5.96. The number of hydrogen-bond donors (Lipinski definition) is 2. The van der Waals surface area contributed by atoms with Crippen LogP contribution in [0, 0.1) is 5.92 Å². The average molecular weight is 415 g/mol. The normalized spacial score (nSPS) is 32.8. The molecule has 2 heterocycles. The zero-order valence-electron chi connectivity index (χ0n) is 18.6. The molecular weight excluding hydrogens is 380 g/mol. The first kappa shape index (κ1) is 22.9. The van der Waals surface area contributed by atoms with Gasteiger partial charge in [-0.25, -0.2) is 0 Å². The standard InChI is InChI=1S/C25H34O5/c1-16(7-6-8-24(4,5)28)9-20-10-17(2)13-25(29-20)14-19(15-26)21-12-22(27)18(3)11-23(21)30-25/h6,8-9,11,13-14,20-21,23,26,28H,7,10,12,15H2,1-5H3/t20-,21-,23-,25+/m1/s1. The van der Waals surface area contributed by atoms with Gasteiger partial charge in [-0.3, -0.25) is 4.79 Å². The summed E-state index contributed by atoms with van der Waals surface area (Å²) in [6, 6.07) is 0. The first-order valence-electron chi connectivity index (χ1n) is 10.7. The van der Waals surface area contributed by atoms with Gasteiger partial charge in [0.1, 0.15) is 0 Å². The molecule has 0 amide bonds. The van der Waals surface area contributed by atoms with Crippen molar-refractivity contribution in [2.45, 2.75) is 77.5 Å². The van der Waals surface area contributed by atoms with E-state index >= 15 is 0 Å². The molecule has 5 heteroatoms. The zero-order valence-corrected chi connectivity index (χ0v) is 18.6. The van der Waals surface area contributed by atoms with Crippen LogP contribution < -0.4 is 0 Å². The van der Waals surface area contributed by atoms with Crippen LogP contribution in [-0.2, 0) is 14.3 Å². The highest BCUT2D eigenvalue weighted by atomic mass is 16.7. The van der Waals surface area contributed by atoms with E-state index in [9.17, 15) is 15.0 Å². The molecule has 2 N–H and O–H groups in total. The van der Waals surface area contributed by atoms with E-state index < -0.39 is 11.4 Å². The van der Waals surface area contributed by atoms with Crippen molar-refractivity contribution in [1.82, 2.24) is 0 Å². The third-order valence-electron chi connectivity index (χ3n) is 5.76. The number of Topliss-reactive ketones (excluding diaryl/α,β-unsaturated/α-hetero) is 1. The molecule has 0 aromatic carbocycles. The van der Waals surface area contributed by atoms with Gasteiger partial charge in [0.05, 0.1) is 24.4 Å². The molecule has 164 valence electrons. The van der Waals surface area contributed by atoms with E-state index in [0.717, 1.165) is 29.6 Å². The molecule has 3 rings (SSSR count). The second-order valence-corrected chi connectivity index (χ2v) is 9.39. The lowest BCUT2D eigenvalue weighted by atomic mass is 9.79. The lowest BCUT2D eigenvalue weighted by Crippen LogP contribution is -2.49. The monoisotopic (exact) mass is 414 g/mol. The van der Waals surface area contributed by atoms with Crippen LogP contribution in [0.2, 0.25) is 0 Å². The molecule has 1 spiro atoms. The Morgan fingerprint density at radius 1 is 1.27 bits per heavy atom. The Morgan fingerprint density at radius 3 is 2.67 bits per heavy atom. The Kier molecular flexibility index (Phi) is 6.68. The zero-order chi connectivity index (χ0) is 22.1. The topological polar surface area (TPSA) is 76.0 Å². The summed E-state index contributed by atoms with van der Waals surface area (Å²) in [6.07, 6.45) is 12.9. The van der Waals surface area contributed by atoms with Crippen LogP contribution >= 0.6 is 0 Å². The highest BCUT2D eigenvalue weighted by Gasteiger charge is 2.45. The van der Waals surface area contributed by atoms with Crippen molar-refractivity contribution in [3.63, 3.8) is 0 Å². The predicted molar refractivity (Wildman–Crippen MR) is 117 cm³/mol. The molecule has 0 unspecified atom stereocenters. The number of aliphatic hydroxyl groups excluding tert-OH is 1. The van der Waals surface area contributed by atoms with Crippen LogP contribution in [0.3, 0.4) is 0 Å². The van der Waals surface area contributed by atoms with Crippen LogP contribution in [0.25, 0.3) is 0 Å². The van der Waals surface area contributed by atoms with Crippen molar-refractivity contribution in [3.8, 4) is 0 Å². The van der Waals surface area contributed by atoms with Gasteiger partial charge < -0.3 is 19.7 Å². The molecule has 30 heavy (non-hydrogen) atoms. The van der Waals surface area contributed by atoms with Crippen LogP contribution in [0.15, 0.2) is 58.7 Å². The molecule has 0 aromatic rings. The smallest absolute Gasteiger partial charge is 0.209 e. The van der Waals surface area contributed by atoms with Crippen LogP contribution in [0.5, 0.6) is 0 Å². The number of allylic oxidation sites excluding steroid dienone is 3. The molecule has 5 nitrogen and oxygen atoms in total. The number of ether oxygens (including phenoxy) is 2. The Bertz CT molecular complexity index is 836. The summed E-state index contributed by atoms with van der Waals surface area (Å²) in [5.41, 5.74) is 2.97. The quantitative estimate of drug-likeness (QED) is 0.667. The van der Waals surface area contributed by atoms with Crippen molar-refractivity contribution in [1.29, 1.82) is 0 Å². The Morgan fingerprint density at radius 2 is 2.00 bits per heavy atom. The minimum atomic E-state index is -1.04. The van der Waals surface area contributed by atoms with Crippen LogP contribution in [0.1, 0.15) is 53.9 Å². The van der Waals surface area contributed by atoms with Gasteiger partial charge in [0, 0.05) is 12.3 Å². The fraction of sp³-hybridized carbons (Fsp3) is 0.560. The number of carbonyl (C=O) groups is 1. The van der Waals surface area contributed by atoms with Crippen molar-refractivity contribution in [2.24, 2.45) is 5.92 Å². The maximum Gasteiger partial charge on any atom is 0.209 e. The van der Waals surface area contributed by atoms with E-state index in [-0.39, 0.29) is 30.5 Å². The van der Waals surface area contributed by atoms with E-state index in [0.29, 0.717) is 12.0 Å². The van der Waals surface area contributed by atoms with Gasteiger partial charge >= 0.3 is 0 Å². The van der Waals surface area contributed by atoms with Crippen molar-refractivity contribution < 1.29 is 24.5 Å². The summed E-state index contributed by atoms with van der Waals surface area (Å²) in [5.74, 6) is -1.08. The van der Waals surface area contributed by atoms with Gasteiger partial charge in [-0.15, -0.1) is 0 Å². The SMILES string of the molecule is CC(=C[C@@H]1CC(C)=C[C@]2(C=C(CO)[C@H]3CC(=O)C(C)=C[C@H]3O2)O1)CC=CC(C)(C)O. The highest BCUT2D eigenvalue weighted by Crippen LogP contribution is 2.42. The minimum absolute atomic E-state index is 0.0991. The number of carbonyl (C=O) groups excluding carboxylic acids is 1. The summed E-state index contributed by atoms with van der Waals surface area (Å²) >= 11 is 0. The van der Waals surface area contributed by atoms with Gasteiger partial charge in [0.25, 0.3) is 0 Å². The Labute approximate surface area is 179 Å². The Balaban J connectivity index is 1.83. The summed E-state index contributed by atoms with van der Waals surface area (Å²) in [4.78, 5) is 12.1. The number of fused-ring (bicyclic) bond motifs is 1. The van der Waals surface area contributed by atoms with E-state index in [4.69, 9.17) is 9.47 Å². The largest absolute Gasteiger partial charge is 0.392 e. The molecule has 0 aromatic heterocycles. The summed E-state index contributed by atoms with van der Waals surface area (Å²) in [5, 5.41) is 19.8. The Hall–Kier alpha value is -1.79. The van der Waals surface area contributed by atoms with E-state index in [1.54, 1.807) is 19.9 Å². The fourth-order valence-electron chi connectivity index (χ4n) is 4.35. The third-order valence-corrected chi connectivity index (χ3v) is 5.76. The van der Waals surface area contributed by atoms with Gasteiger partial charge in [0.15, 0.2) is 5.78 Å². The lowest BCUT2D eigenvalue weighted by molar-refractivity contribution is -0.224. The molecule has 0 saturated carbocycles. The lowest BCUT2D eigenvalue weighted by Gasteiger charge is -2.45. The van der Waals surface area contributed by atoms with Crippen molar-refractivity contribution >= 4 is 5.78 Å². The van der Waals surface area contributed by atoms with E-state index in [2.05, 4.69) is 13.0 Å². The molecule has 3 aliphatic rings. The predicted octanol–water partition coefficient (Wildman–Crippen LogP) is 3.93. The first-order valence-corrected chi connectivity index (χ1v) is 10.7. The second kappa shape index (κ2) is 8.75. The van der Waals surface area contributed by atoms with Crippen LogP contribution in [0.4, 0.5) is 0 Å². The summed E-state index contributed by atoms with van der Waals surface area (Å²) in [6.45, 7) is 9.29. The summed E-state index contributed by atoms with van der Waals surface area (Å²) in [7, 11) is 0. The molecule has 4 atom stereocenters. The number of hydrogen-bond acceptors (Lipinski definition) is 5. The number of rotatable bonds is 5. The fourth-order valence-corrected chi connectivity index (χ4v) is 4.35. The molecule has 1 aliphatic carbocycles. The molecular formula is C25H34O5. The number of ketones is 1. The van der Waals surface area contributed by atoms with Gasteiger partial charge in [0.2, 0.25) is 5.79 Å². The molecule has 0 saturated heterocycles. The maximum absolute atomic E-state index is 12.1. The molecule has 2 aliphatic heterocycles. The molecule has 0 bridgehead atoms. The average Bonchev–Trinajstić information content (AvgIpc) is 2.60. The minimum Gasteiger partial charge on any atom is -0.392 e. The third kappa shape index (κ3) is 5.46. The molecule has 0 radical (unpaired) electrons. The first-order chi connectivity index (χ1) is 14.0. The van der Waals surface area contributed by atoms with Gasteiger partial charge in [-0.2, -0.15) is 0 Å². The van der Waals surface area contributed by atoms with E-state index in [1.165, 1.54) is 0 Å². The summed E-state index contributed by atoms with van der Waals surface area (Å²) < 4.78 is 12.8. The molecule has 0 fully saturated rings.